The molecule has 0 fully saturated rings. The normalized spacial score (nSPS) is 11.3. The summed E-state index contributed by atoms with van der Waals surface area (Å²) in [7, 11) is -2.33. The van der Waals surface area contributed by atoms with Crippen LogP contribution in [0.4, 0.5) is 0 Å². The van der Waals surface area contributed by atoms with Gasteiger partial charge in [-0.1, -0.05) is 29.3 Å². The van der Waals surface area contributed by atoms with Crippen LogP contribution in [0.2, 0.25) is 5.02 Å². The zero-order valence-electron chi connectivity index (χ0n) is 13.8. The summed E-state index contributed by atoms with van der Waals surface area (Å²) in [5, 5.41) is 0.322. The summed E-state index contributed by atoms with van der Waals surface area (Å²) in [6.45, 7) is 4.30. The number of rotatable bonds is 7. The van der Waals surface area contributed by atoms with Gasteiger partial charge in [0.25, 0.3) is 0 Å². The molecule has 2 rings (SSSR count). The van der Waals surface area contributed by atoms with Crippen LogP contribution >= 0.6 is 11.6 Å². The number of hydrogen-bond acceptors (Lipinski definition) is 4. The summed E-state index contributed by atoms with van der Waals surface area (Å²) in [5.41, 5.74) is 2.16. The number of nitrogens with one attached hydrogen (secondary N) is 1. The predicted molar refractivity (Wildman–Crippen MR) is 94.6 cm³/mol. The number of halogens is 1. The maximum Gasteiger partial charge on any atom is 0.244 e. The Balaban J connectivity index is 1.99. The van der Waals surface area contributed by atoms with E-state index in [1.165, 1.54) is 19.2 Å². The third-order valence-electron chi connectivity index (χ3n) is 3.40. The maximum absolute atomic E-state index is 12.4. The molecule has 0 saturated carbocycles. The molecule has 0 atom stereocenters. The van der Waals surface area contributed by atoms with Crippen LogP contribution < -0.4 is 14.2 Å². The molecule has 0 bridgehead atoms. The largest absolute Gasteiger partial charge is 0.495 e. The SMILES string of the molecule is COc1ccc(Cl)cc1S(=O)(=O)NCCOc1ccc(C)cc1C. The van der Waals surface area contributed by atoms with E-state index in [1.54, 1.807) is 6.07 Å². The van der Waals surface area contributed by atoms with Crippen LogP contribution in [0.5, 0.6) is 11.5 Å². The molecule has 0 spiro atoms. The highest BCUT2D eigenvalue weighted by Gasteiger charge is 2.19. The van der Waals surface area contributed by atoms with Crippen molar-refractivity contribution in [3.63, 3.8) is 0 Å². The maximum atomic E-state index is 12.4. The molecule has 2 aromatic carbocycles. The van der Waals surface area contributed by atoms with E-state index in [-0.39, 0.29) is 23.8 Å². The monoisotopic (exact) mass is 369 g/mol. The second-order valence-corrected chi connectivity index (χ2v) is 7.48. The van der Waals surface area contributed by atoms with Crippen molar-refractivity contribution in [2.24, 2.45) is 0 Å². The molecule has 0 aliphatic carbocycles. The summed E-state index contributed by atoms with van der Waals surface area (Å²) in [5.74, 6) is 0.974. The Hall–Kier alpha value is -1.76. The molecule has 0 unspecified atom stereocenters. The first-order chi connectivity index (χ1) is 11.3. The van der Waals surface area contributed by atoms with Crippen molar-refractivity contribution in [2.75, 3.05) is 20.3 Å². The molecule has 0 saturated heterocycles. The molecule has 0 aliphatic heterocycles. The molecule has 0 amide bonds. The van der Waals surface area contributed by atoms with Gasteiger partial charge in [0.1, 0.15) is 23.0 Å². The van der Waals surface area contributed by atoms with Crippen LogP contribution in [0.25, 0.3) is 0 Å². The van der Waals surface area contributed by atoms with E-state index in [9.17, 15) is 8.42 Å². The minimum atomic E-state index is -3.74. The van der Waals surface area contributed by atoms with Crippen molar-refractivity contribution in [1.29, 1.82) is 0 Å². The van der Waals surface area contributed by atoms with E-state index >= 15 is 0 Å². The Kier molecular flexibility index (Phi) is 6.10. The average Bonchev–Trinajstić information content (AvgIpc) is 2.53. The van der Waals surface area contributed by atoms with Crippen molar-refractivity contribution in [3.05, 3.63) is 52.5 Å². The van der Waals surface area contributed by atoms with Crippen LogP contribution in [-0.4, -0.2) is 28.7 Å². The smallest absolute Gasteiger partial charge is 0.244 e. The zero-order valence-corrected chi connectivity index (χ0v) is 15.4. The van der Waals surface area contributed by atoms with E-state index in [4.69, 9.17) is 21.1 Å². The van der Waals surface area contributed by atoms with Crippen molar-refractivity contribution in [2.45, 2.75) is 18.7 Å². The third-order valence-corrected chi connectivity index (χ3v) is 5.11. The number of sulfonamides is 1. The van der Waals surface area contributed by atoms with E-state index in [0.717, 1.165) is 16.9 Å². The van der Waals surface area contributed by atoms with Gasteiger partial charge in [-0.15, -0.1) is 0 Å². The number of hydrogen-bond donors (Lipinski definition) is 1. The van der Waals surface area contributed by atoms with Crippen LogP contribution in [0, 0.1) is 13.8 Å². The molecule has 0 aliphatic rings. The second-order valence-electron chi connectivity index (χ2n) is 5.31. The summed E-state index contributed by atoms with van der Waals surface area (Å²) < 4.78 is 37.9. The number of methoxy groups -OCH3 is 1. The van der Waals surface area contributed by atoms with E-state index in [2.05, 4.69) is 4.72 Å². The quantitative estimate of drug-likeness (QED) is 0.760. The van der Waals surface area contributed by atoms with Gasteiger partial charge in [-0.05, 0) is 43.7 Å². The first-order valence-corrected chi connectivity index (χ1v) is 9.23. The molecule has 0 aromatic heterocycles. The lowest BCUT2D eigenvalue weighted by atomic mass is 10.1. The van der Waals surface area contributed by atoms with Gasteiger partial charge in [-0.2, -0.15) is 0 Å². The van der Waals surface area contributed by atoms with Crippen LogP contribution in [0.15, 0.2) is 41.3 Å². The Morgan fingerprint density at radius 1 is 1.08 bits per heavy atom. The van der Waals surface area contributed by atoms with Gasteiger partial charge < -0.3 is 9.47 Å². The molecular formula is C17H20ClNO4S. The highest BCUT2D eigenvalue weighted by Crippen LogP contribution is 2.26. The fourth-order valence-corrected chi connectivity index (χ4v) is 3.68. The second kappa shape index (κ2) is 7.88. The minimum Gasteiger partial charge on any atom is -0.495 e. The molecule has 24 heavy (non-hydrogen) atoms. The van der Waals surface area contributed by atoms with Gasteiger partial charge in [0.2, 0.25) is 10.0 Å². The molecule has 1 N–H and O–H groups in total. The summed E-state index contributed by atoms with van der Waals surface area (Å²) in [6, 6.07) is 10.3. The Labute approximate surface area is 147 Å². The Morgan fingerprint density at radius 3 is 2.46 bits per heavy atom. The van der Waals surface area contributed by atoms with Crippen molar-refractivity contribution in [1.82, 2.24) is 4.72 Å². The lowest BCUT2D eigenvalue weighted by Crippen LogP contribution is -2.28. The Morgan fingerprint density at radius 2 is 1.79 bits per heavy atom. The van der Waals surface area contributed by atoms with Crippen molar-refractivity contribution >= 4 is 21.6 Å². The summed E-state index contributed by atoms with van der Waals surface area (Å²) in [6.07, 6.45) is 0. The molecular weight excluding hydrogens is 350 g/mol. The van der Waals surface area contributed by atoms with Crippen LogP contribution in [0.1, 0.15) is 11.1 Å². The van der Waals surface area contributed by atoms with Crippen molar-refractivity contribution < 1.29 is 17.9 Å². The molecule has 2 aromatic rings. The van der Waals surface area contributed by atoms with Crippen molar-refractivity contribution in [3.8, 4) is 11.5 Å². The van der Waals surface area contributed by atoms with Gasteiger partial charge in [-0.3, -0.25) is 0 Å². The lowest BCUT2D eigenvalue weighted by molar-refractivity contribution is 0.320. The number of ether oxygens (including phenoxy) is 2. The van der Waals surface area contributed by atoms with Gasteiger partial charge in [0.05, 0.1) is 7.11 Å². The topological polar surface area (TPSA) is 64.6 Å². The lowest BCUT2D eigenvalue weighted by Gasteiger charge is -2.12. The standard InChI is InChI=1S/C17H20ClNO4S/c1-12-4-6-15(13(2)10-12)23-9-8-19-24(20,21)17-11-14(18)5-7-16(17)22-3/h4-7,10-11,19H,8-9H2,1-3H3. The van der Waals surface area contributed by atoms with E-state index in [1.807, 2.05) is 32.0 Å². The fourth-order valence-electron chi connectivity index (χ4n) is 2.24. The minimum absolute atomic E-state index is 0.00372. The predicted octanol–water partition coefficient (Wildman–Crippen LogP) is 3.32. The molecule has 0 heterocycles. The van der Waals surface area contributed by atoms with Crippen LogP contribution in [0.3, 0.4) is 0 Å². The molecule has 0 radical (unpaired) electrons. The third kappa shape index (κ3) is 4.63. The average molecular weight is 370 g/mol. The zero-order chi connectivity index (χ0) is 17.7. The van der Waals surface area contributed by atoms with Gasteiger partial charge in [-0.25, -0.2) is 13.1 Å². The van der Waals surface area contributed by atoms with Crippen LogP contribution in [-0.2, 0) is 10.0 Å². The van der Waals surface area contributed by atoms with Gasteiger partial charge in [0.15, 0.2) is 0 Å². The molecule has 7 heteroatoms. The first-order valence-electron chi connectivity index (χ1n) is 7.37. The number of benzene rings is 2. The van der Waals surface area contributed by atoms with E-state index < -0.39 is 10.0 Å². The highest BCUT2D eigenvalue weighted by atomic mass is 35.5. The van der Waals surface area contributed by atoms with Gasteiger partial charge >= 0.3 is 0 Å². The molecule has 5 nitrogen and oxygen atoms in total. The Bertz CT molecular complexity index is 821. The van der Waals surface area contributed by atoms with E-state index in [0.29, 0.717) is 5.02 Å². The highest BCUT2D eigenvalue weighted by molar-refractivity contribution is 7.89. The van der Waals surface area contributed by atoms with Gasteiger partial charge in [0, 0.05) is 11.6 Å². The summed E-state index contributed by atoms with van der Waals surface area (Å²) >= 11 is 5.88. The number of aryl methyl sites for hydroxylation is 2. The first kappa shape index (κ1) is 18.6. The fraction of sp³-hybridized carbons (Fsp3) is 0.294. The molecule has 130 valence electrons. The summed E-state index contributed by atoms with van der Waals surface area (Å²) in [4.78, 5) is 0.00372.